The lowest BCUT2D eigenvalue weighted by atomic mass is 9.99. The Labute approximate surface area is 110 Å². The molecule has 1 saturated heterocycles. The van der Waals surface area contributed by atoms with E-state index >= 15 is 0 Å². The van der Waals surface area contributed by atoms with Crippen molar-refractivity contribution in [3.05, 3.63) is 5.01 Å². The van der Waals surface area contributed by atoms with Crippen molar-refractivity contribution in [1.82, 2.24) is 15.1 Å². The van der Waals surface area contributed by atoms with E-state index in [0.717, 1.165) is 11.3 Å². The van der Waals surface area contributed by atoms with E-state index in [2.05, 4.69) is 10.2 Å². The predicted octanol–water partition coefficient (Wildman–Crippen LogP) is 1.15. The van der Waals surface area contributed by atoms with E-state index in [-0.39, 0.29) is 17.1 Å². The number of carbonyl (C=O) groups excluding carboxylic acids is 1. The molecule has 1 fully saturated rings. The van der Waals surface area contributed by atoms with Gasteiger partial charge in [0.05, 0.1) is 11.2 Å². The Kier molecular flexibility index (Phi) is 3.06. The maximum absolute atomic E-state index is 12.3. The average molecular weight is 270 g/mol. The Morgan fingerprint density at radius 1 is 1.28 bits per heavy atom. The lowest BCUT2D eigenvalue weighted by Gasteiger charge is -2.46. The van der Waals surface area contributed by atoms with Crippen LogP contribution in [0.1, 0.15) is 37.5 Å². The second-order valence-electron chi connectivity index (χ2n) is 5.73. The van der Waals surface area contributed by atoms with Gasteiger partial charge in [0.25, 0.3) is 5.91 Å². The summed E-state index contributed by atoms with van der Waals surface area (Å²) in [7, 11) is 0. The molecular weight excluding hydrogens is 252 g/mol. The summed E-state index contributed by atoms with van der Waals surface area (Å²) in [4.78, 5) is 14.1. The first-order valence-corrected chi connectivity index (χ1v) is 6.59. The molecule has 0 atom stereocenters. The molecule has 0 spiro atoms. The van der Waals surface area contributed by atoms with Crippen molar-refractivity contribution in [2.75, 3.05) is 18.8 Å². The molecule has 6 nitrogen and oxygen atoms in total. The number of amides is 1. The quantitative estimate of drug-likeness (QED) is 0.828. The Bertz CT molecular complexity index is 453. The fraction of sp³-hybridized carbons (Fsp3) is 0.727. The van der Waals surface area contributed by atoms with Crippen LogP contribution in [0, 0.1) is 0 Å². The molecular formula is C11H18N4O2S. The number of aromatic nitrogens is 2. The van der Waals surface area contributed by atoms with Crippen LogP contribution in [0.4, 0.5) is 5.13 Å². The Balaban J connectivity index is 2.20. The minimum absolute atomic E-state index is 0.131. The van der Waals surface area contributed by atoms with Crippen molar-refractivity contribution in [2.24, 2.45) is 0 Å². The highest BCUT2D eigenvalue weighted by atomic mass is 32.1. The van der Waals surface area contributed by atoms with Gasteiger partial charge in [-0.25, -0.2) is 0 Å². The number of hydrogen-bond donors (Lipinski definition) is 1. The van der Waals surface area contributed by atoms with Gasteiger partial charge in [0.1, 0.15) is 0 Å². The smallest absolute Gasteiger partial charge is 0.285 e. The van der Waals surface area contributed by atoms with Crippen molar-refractivity contribution in [2.45, 2.75) is 38.9 Å². The zero-order valence-corrected chi connectivity index (χ0v) is 11.9. The molecule has 0 radical (unpaired) electrons. The molecule has 1 amide bonds. The topological polar surface area (TPSA) is 81.3 Å². The SMILES string of the molecule is CC1(C)CN(C(=O)c2nnc(N)s2)CC(C)(C)O1. The summed E-state index contributed by atoms with van der Waals surface area (Å²) in [6, 6.07) is 0. The zero-order chi connectivity index (χ0) is 13.6. The molecule has 18 heavy (non-hydrogen) atoms. The number of ether oxygens (including phenoxy) is 1. The fourth-order valence-corrected chi connectivity index (χ4v) is 2.97. The molecule has 0 aliphatic carbocycles. The van der Waals surface area contributed by atoms with E-state index in [9.17, 15) is 4.79 Å². The van der Waals surface area contributed by atoms with Crippen molar-refractivity contribution in [3.63, 3.8) is 0 Å². The van der Waals surface area contributed by atoms with Crippen LogP contribution in [0.3, 0.4) is 0 Å². The van der Waals surface area contributed by atoms with Gasteiger partial charge in [-0.1, -0.05) is 11.3 Å². The highest BCUT2D eigenvalue weighted by Gasteiger charge is 2.40. The summed E-state index contributed by atoms with van der Waals surface area (Å²) in [5.74, 6) is -0.131. The van der Waals surface area contributed by atoms with Gasteiger partial charge in [0.15, 0.2) is 0 Å². The molecule has 100 valence electrons. The largest absolute Gasteiger partial charge is 0.374 e. The molecule has 0 aromatic carbocycles. The Morgan fingerprint density at radius 3 is 2.28 bits per heavy atom. The highest BCUT2D eigenvalue weighted by molar-refractivity contribution is 7.16. The van der Waals surface area contributed by atoms with Crippen LogP contribution < -0.4 is 5.73 Å². The number of carbonyl (C=O) groups is 1. The summed E-state index contributed by atoms with van der Waals surface area (Å²) in [6.07, 6.45) is 0. The van der Waals surface area contributed by atoms with Gasteiger partial charge in [-0.3, -0.25) is 4.79 Å². The molecule has 2 heterocycles. The van der Waals surface area contributed by atoms with Crippen LogP contribution in [0.15, 0.2) is 0 Å². The molecule has 0 unspecified atom stereocenters. The van der Waals surface area contributed by atoms with E-state index < -0.39 is 0 Å². The molecule has 7 heteroatoms. The first-order valence-electron chi connectivity index (χ1n) is 5.77. The number of morpholine rings is 1. The second kappa shape index (κ2) is 4.17. The zero-order valence-electron chi connectivity index (χ0n) is 11.1. The molecule has 0 bridgehead atoms. The van der Waals surface area contributed by atoms with Crippen LogP contribution >= 0.6 is 11.3 Å². The van der Waals surface area contributed by atoms with Gasteiger partial charge < -0.3 is 15.4 Å². The van der Waals surface area contributed by atoms with Crippen molar-refractivity contribution >= 4 is 22.4 Å². The molecule has 2 rings (SSSR count). The minimum atomic E-state index is -0.367. The number of rotatable bonds is 1. The average Bonchev–Trinajstić information content (AvgIpc) is 2.58. The second-order valence-corrected chi connectivity index (χ2v) is 6.74. The van der Waals surface area contributed by atoms with Crippen molar-refractivity contribution < 1.29 is 9.53 Å². The van der Waals surface area contributed by atoms with Gasteiger partial charge in [0, 0.05) is 13.1 Å². The fourth-order valence-electron chi connectivity index (χ4n) is 2.39. The highest BCUT2D eigenvalue weighted by Crippen LogP contribution is 2.29. The third-order valence-corrected chi connectivity index (χ3v) is 3.35. The van der Waals surface area contributed by atoms with Crippen molar-refractivity contribution in [1.29, 1.82) is 0 Å². The lowest BCUT2D eigenvalue weighted by molar-refractivity contribution is -0.171. The van der Waals surface area contributed by atoms with Gasteiger partial charge in [-0.15, -0.1) is 10.2 Å². The van der Waals surface area contributed by atoms with E-state index in [1.54, 1.807) is 4.90 Å². The maximum Gasteiger partial charge on any atom is 0.285 e. The standard InChI is InChI=1S/C11H18N4O2S/c1-10(2)5-15(6-11(3,4)17-10)8(16)7-13-14-9(12)18-7/h5-6H2,1-4H3,(H2,12,14). The molecule has 2 N–H and O–H groups in total. The number of nitrogens with two attached hydrogens (primary N) is 1. The van der Waals surface area contributed by atoms with Gasteiger partial charge in [-0.05, 0) is 27.7 Å². The maximum atomic E-state index is 12.3. The first-order chi connectivity index (χ1) is 8.19. The molecule has 0 saturated carbocycles. The Morgan fingerprint density at radius 2 is 1.83 bits per heavy atom. The molecule has 1 aromatic rings. The van der Waals surface area contributed by atoms with E-state index in [1.165, 1.54) is 0 Å². The van der Waals surface area contributed by atoms with Gasteiger partial charge in [0.2, 0.25) is 10.1 Å². The van der Waals surface area contributed by atoms with Crippen LogP contribution in [-0.4, -0.2) is 45.3 Å². The Hall–Kier alpha value is -1.21. The van der Waals surface area contributed by atoms with Crippen LogP contribution in [0.25, 0.3) is 0 Å². The van der Waals surface area contributed by atoms with E-state index in [0.29, 0.717) is 23.2 Å². The minimum Gasteiger partial charge on any atom is -0.374 e. The third-order valence-electron chi connectivity index (χ3n) is 2.61. The van der Waals surface area contributed by atoms with E-state index in [1.807, 2.05) is 27.7 Å². The van der Waals surface area contributed by atoms with E-state index in [4.69, 9.17) is 10.5 Å². The first kappa shape index (κ1) is 13.2. The third kappa shape index (κ3) is 2.78. The van der Waals surface area contributed by atoms with Crippen molar-refractivity contribution in [3.8, 4) is 0 Å². The summed E-state index contributed by atoms with van der Waals surface area (Å²) in [6.45, 7) is 8.97. The van der Waals surface area contributed by atoms with Gasteiger partial charge >= 0.3 is 0 Å². The van der Waals surface area contributed by atoms with Gasteiger partial charge in [-0.2, -0.15) is 0 Å². The van der Waals surface area contributed by atoms with Crippen LogP contribution in [-0.2, 0) is 4.74 Å². The van der Waals surface area contributed by atoms with Crippen LogP contribution in [0.5, 0.6) is 0 Å². The molecule has 1 aliphatic heterocycles. The summed E-state index contributed by atoms with van der Waals surface area (Å²) >= 11 is 1.11. The number of anilines is 1. The molecule has 1 aliphatic rings. The number of nitrogen functional groups attached to an aromatic ring is 1. The lowest BCUT2D eigenvalue weighted by Crippen LogP contribution is -2.58. The summed E-state index contributed by atoms with van der Waals surface area (Å²) in [5.41, 5.74) is 4.77. The number of nitrogens with zero attached hydrogens (tertiary/aromatic N) is 3. The molecule has 1 aromatic heterocycles. The normalized spacial score (nSPS) is 21.9. The summed E-state index contributed by atoms with van der Waals surface area (Å²) in [5, 5.41) is 8.12. The number of hydrogen-bond acceptors (Lipinski definition) is 6. The predicted molar refractivity (Wildman–Crippen MR) is 69.5 cm³/mol. The summed E-state index contributed by atoms with van der Waals surface area (Å²) < 4.78 is 5.93. The van der Waals surface area contributed by atoms with Crippen LogP contribution in [0.2, 0.25) is 0 Å². The monoisotopic (exact) mass is 270 g/mol.